The highest BCUT2D eigenvalue weighted by molar-refractivity contribution is 5.27. The van der Waals surface area contributed by atoms with Gasteiger partial charge in [-0.3, -0.25) is 4.98 Å². The van der Waals surface area contributed by atoms with E-state index < -0.39 is 0 Å². The molecule has 2 rings (SSSR count). The first-order valence-electron chi connectivity index (χ1n) is 5.05. The zero-order chi connectivity index (χ0) is 11.4. The molecule has 0 saturated carbocycles. The average Bonchev–Trinajstić information content (AvgIpc) is 2.30. The van der Waals surface area contributed by atoms with Gasteiger partial charge in [-0.1, -0.05) is 0 Å². The minimum absolute atomic E-state index is 0.0285. The van der Waals surface area contributed by atoms with E-state index in [1.54, 1.807) is 18.6 Å². The molecule has 0 bridgehead atoms. The molecule has 0 aliphatic rings. The van der Waals surface area contributed by atoms with Crippen molar-refractivity contribution in [3.63, 3.8) is 0 Å². The Morgan fingerprint density at radius 3 is 2.88 bits per heavy atom. The molecule has 2 aromatic heterocycles. The van der Waals surface area contributed by atoms with Crippen molar-refractivity contribution in [2.75, 3.05) is 0 Å². The molecule has 0 unspecified atom stereocenters. The zero-order valence-electron chi connectivity index (χ0n) is 9.00. The van der Waals surface area contributed by atoms with Crippen molar-refractivity contribution in [3.05, 3.63) is 48.4 Å². The molecule has 2 heterocycles. The highest BCUT2D eigenvalue weighted by Gasteiger charge is 2.03. The van der Waals surface area contributed by atoms with Crippen molar-refractivity contribution in [2.24, 2.45) is 5.73 Å². The third-order valence-corrected chi connectivity index (χ3v) is 2.14. The van der Waals surface area contributed by atoms with Crippen molar-refractivity contribution >= 4 is 0 Å². The van der Waals surface area contributed by atoms with E-state index in [1.807, 2.05) is 31.2 Å². The van der Waals surface area contributed by atoms with Crippen LogP contribution in [-0.4, -0.2) is 9.97 Å². The molecule has 0 saturated heterocycles. The van der Waals surface area contributed by atoms with E-state index in [0.29, 0.717) is 11.6 Å². The molecule has 0 fully saturated rings. The summed E-state index contributed by atoms with van der Waals surface area (Å²) in [5.74, 6) is 1.19. The zero-order valence-corrected chi connectivity index (χ0v) is 9.00. The van der Waals surface area contributed by atoms with Gasteiger partial charge >= 0.3 is 0 Å². The van der Waals surface area contributed by atoms with Gasteiger partial charge in [0.05, 0.1) is 6.20 Å². The molecule has 0 radical (unpaired) electrons. The van der Waals surface area contributed by atoms with Crippen LogP contribution < -0.4 is 10.5 Å². The van der Waals surface area contributed by atoms with Crippen LogP contribution in [0.25, 0.3) is 0 Å². The smallest absolute Gasteiger partial charge is 0.219 e. The molecule has 16 heavy (non-hydrogen) atoms. The number of rotatable bonds is 3. The second kappa shape index (κ2) is 4.72. The minimum Gasteiger partial charge on any atom is -0.437 e. The van der Waals surface area contributed by atoms with Gasteiger partial charge in [-0.2, -0.15) is 0 Å². The quantitative estimate of drug-likeness (QED) is 0.853. The summed E-state index contributed by atoms with van der Waals surface area (Å²) in [5.41, 5.74) is 6.77. The summed E-state index contributed by atoms with van der Waals surface area (Å²) in [5, 5.41) is 0. The number of pyridine rings is 2. The highest BCUT2D eigenvalue weighted by atomic mass is 16.5. The Labute approximate surface area is 94.1 Å². The molecule has 0 aliphatic heterocycles. The fourth-order valence-electron chi connectivity index (χ4n) is 1.29. The fourth-order valence-corrected chi connectivity index (χ4v) is 1.29. The standard InChI is InChI=1S/C12H13N3O/c1-9(13)10-4-6-15-12(7-10)16-11-3-2-5-14-8-11/h2-9H,13H2,1H3/t9-/m1/s1. The number of hydrogen-bond donors (Lipinski definition) is 1. The Hall–Kier alpha value is -1.94. The van der Waals surface area contributed by atoms with Gasteiger partial charge < -0.3 is 10.5 Å². The molecule has 4 heteroatoms. The summed E-state index contributed by atoms with van der Waals surface area (Å²) >= 11 is 0. The van der Waals surface area contributed by atoms with E-state index >= 15 is 0 Å². The Morgan fingerprint density at radius 1 is 1.31 bits per heavy atom. The van der Waals surface area contributed by atoms with Crippen LogP contribution in [0.3, 0.4) is 0 Å². The number of nitrogens with two attached hydrogens (primary N) is 1. The van der Waals surface area contributed by atoms with Crippen LogP contribution in [0, 0.1) is 0 Å². The Kier molecular flexibility index (Phi) is 3.12. The number of nitrogens with zero attached hydrogens (tertiary/aromatic N) is 2. The molecule has 0 aliphatic carbocycles. The Morgan fingerprint density at radius 2 is 2.19 bits per heavy atom. The van der Waals surface area contributed by atoms with Gasteiger partial charge in [-0.05, 0) is 30.7 Å². The summed E-state index contributed by atoms with van der Waals surface area (Å²) < 4.78 is 5.54. The van der Waals surface area contributed by atoms with Gasteiger partial charge in [0.1, 0.15) is 5.75 Å². The van der Waals surface area contributed by atoms with E-state index in [0.717, 1.165) is 5.56 Å². The van der Waals surface area contributed by atoms with Crippen molar-refractivity contribution < 1.29 is 4.74 Å². The third-order valence-electron chi connectivity index (χ3n) is 2.14. The molecule has 2 N–H and O–H groups in total. The second-order valence-electron chi connectivity index (χ2n) is 3.51. The van der Waals surface area contributed by atoms with Gasteiger partial charge in [0.15, 0.2) is 0 Å². The lowest BCUT2D eigenvalue weighted by atomic mass is 10.1. The van der Waals surface area contributed by atoms with E-state index in [4.69, 9.17) is 10.5 Å². The molecule has 2 aromatic rings. The summed E-state index contributed by atoms with van der Waals surface area (Å²) in [6.07, 6.45) is 5.02. The lowest BCUT2D eigenvalue weighted by molar-refractivity contribution is 0.459. The molecule has 0 aromatic carbocycles. The molecule has 4 nitrogen and oxygen atoms in total. The lowest BCUT2D eigenvalue weighted by Crippen LogP contribution is -2.05. The first kappa shape index (κ1) is 10.6. The molecule has 1 atom stereocenters. The van der Waals surface area contributed by atoms with Gasteiger partial charge in [-0.25, -0.2) is 4.98 Å². The van der Waals surface area contributed by atoms with Crippen LogP contribution in [0.1, 0.15) is 18.5 Å². The van der Waals surface area contributed by atoms with Crippen LogP contribution in [0.4, 0.5) is 0 Å². The predicted molar refractivity (Wildman–Crippen MR) is 61.2 cm³/mol. The van der Waals surface area contributed by atoms with E-state index in [1.165, 1.54) is 0 Å². The van der Waals surface area contributed by atoms with Crippen molar-refractivity contribution in [1.82, 2.24) is 9.97 Å². The van der Waals surface area contributed by atoms with Gasteiger partial charge in [0, 0.05) is 24.5 Å². The highest BCUT2D eigenvalue weighted by Crippen LogP contribution is 2.20. The molecule has 82 valence electrons. The van der Waals surface area contributed by atoms with Gasteiger partial charge in [-0.15, -0.1) is 0 Å². The van der Waals surface area contributed by atoms with Crippen LogP contribution in [-0.2, 0) is 0 Å². The first-order valence-corrected chi connectivity index (χ1v) is 5.05. The summed E-state index contributed by atoms with van der Waals surface area (Å²) in [4.78, 5) is 8.07. The topological polar surface area (TPSA) is 61.0 Å². The van der Waals surface area contributed by atoms with Gasteiger partial charge in [0.25, 0.3) is 0 Å². The summed E-state index contributed by atoms with van der Waals surface area (Å²) in [6, 6.07) is 7.32. The van der Waals surface area contributed by atoms with E-state index in [2.05, 4.69) is 9.97 Å². The average molecular weight is 215 g/mol. The van der Waals surface area contributed by atoms with E-state index in [9.17, 15) is 0 Å². The largest absolute Gasteiger partial charge is 0.437 e. The van der Waals surface area contributed by atoms with Crippen LogP contribution in [0.2, 0.25) is 0 Å². The first-order chi connectivity index (χ1) is 7.75. The maximum atomic E-state index is 5.78. The molecular formula is C12H13N3O. The number of hydrogen-bond acceptors (Lipinski definition) is 4. The monoisotopic (exact) mass is 215 g/mol. The molecule has 0 amide bonds. The Balaban J connectivity index is 2.19. The maximum Gasteiger partial charge on any atom is 0.219 e. The second-order valence-corrected chi connectivity index (χ2v) is 3.51. The predicted octanol–water partition coefficient (Wildman–Crippen LogP) is 2.29. The molecular weight excluding hydrogens is 202 g/mol. The van der Waals surface area contributed by atoms with Crippen molar-refractivity contribution in [2.45, 2.75) is 13.0 Å². The summed E-state index contributed by atoms with van der Waals surface area (Å²) in [6.45, 7) is 1.92. The third kappa shape index (κ3) is 2.55. The molecule has 0 spiro atoms. The summed E-state index contributed by atoms with van der Waals surface area (Å²) in [7, 11) is 0. The number of aromatic nitrogens is 2. The minimum atomic E-state index is -0.0285. The normalized spacial score (nSPS) is 12.1. The number of ether oxygens (including phenoxy) is 1. The Bertz CT molecular complexity index is 457. The lowest BCUT2D eigenvalue weighted by Gasteiger charge is -2.08. The van der Waals surface area contributed by atoms with Crippen LogP contribution in [0.5, 0.6) is 11.6 Å². The SMILES string of the molecule is C[C@@H](N)c1ccnc(Oc2cccnc2)c1. The van der Waals surface area contributed by atoms with Gasteiger partial charge in [0.2, 0.25) is 5.88 Å². The van der Waals surface area contributed by atoms with E-state index in [-0.39, 0.29) is 6.04 Å². The fraction of sp³-hybridized carbons (Fsp3) is 0.167. The van der Waals surface area contributed by atoms with Crippen LogP contribution in [0.15, 0.2) is 42.9 Å². The maximum absolute atomic E-state index is 5.78. The van der Waals surface area contributed by atoms with Crippen LogP contribution >= 0.6 is 0 Å². The van der Waals surface area contributed by atoms with Crippen molar-refractivity contribution in [3.8, 4) is 11.6 Å². The van der Waals surface area contributed by atoms with Crippen molar-refractivity contribution in [1.29, 1.82) is 0 Å².